The molecule has 0 heterocycles. The van der Waals surface area contributed by atoms with E-state index in [2.05, 4.69) is 10.6 Å². The Morgan fingerprint density at radius 1 is 1.50 bits per heavy atom. The van der Waals surface area contributed by atoms with Crippen LogP contribution >= 0.6 is 11.6 Å². The molecule has 20 heavy (non-hydrogen) atoms. The summed E-state index contributed by atoms with van der Waals surface area (Å²) in [6, 6.07) is 3.29. The Morgan fingerprint density at radius 2 is 2.20 bits per heavy atom. The highest BCUT2D eigenvalue weighted by atomic mass is 35.5. The largest absolute Gasteiger partial charge is 0.394 e. The van der Waals surface area contributed by atoms with Gasteiger partial charge in [-0.1, -0.05) is 17.7 Å². The molecule has 1 saturated carbocycles. The van der Waals surface area contributed by atoms with Crippen molar-refractivity contribution in [3.05, 3.63) is 34.6 Å². The Morgan fingerprint density at radius 3 is 2.75 bits per heavy atom. The first-order valence-electron chi connectivity index (χ1n) is 6.64. The Hall–Kier alpha value is -1.33. The summed E-state index contributed by atoms with van der Waals surface area (Å²) in [6.07, 6.45) is 2.26. The zero-order valence-electron chi connectivity index (χ0n) is 11.2. The molecule has 6 heteroatoms. The summed E-state index contributed by atoms with van der Waals surface area (Å²) in [5.41, 5.74) is 0.476. The molecular formula is C14H18ClFN2O2. The second-order valence-electron chi connectivity index (χ2n) is 5.15. The minimum atomic E-state index is -0.659. The molecule has 1 aromatic carbocycles. The van der Waals surface area contributed by atoms with Crippen LogP contribution in [0.2, 0.25) is 5.02 Å². The van der Waals surface area contributed by atoms with Crippen molar-refractivity contribution in [2.24, 2.45) is 5.92 Å². The van der Waals surface area contributed by atoms with Gasteiger partial charge in [0.25, 0.3) is 0 Å². The average molecular weight is 301 g/mol. The van der Waals surface area contributed by atoms with E-state index in [1.807, 2.05) is 6.92 Å². The van der Waals surface area contributed by atoms with Crippen molar-refractivity contribution in [1.82, 2.24) is 10.6 Å². The van der Waals surface area contributed by atoms with Gasteiger partial charge in [0.2, 0.25) is 0 Å². The van der Waals surface area contributed by atoms with Gasteiger partial charge in [0.15, 0.2) is 0 Å². The van der Waals surface area contributed by atoms with Crippen molar-refractivity contribution < 1.29 is 14.3 Å². The van der Waals surface area contributed by atoms with Crippen LogP contribution in [0.3, 0.4) is 0 Å². The molecule has 0 radical (unpaired) electrons. The maximum Gasteiger partial charge on any atom is 0.315 e. The highest BCUT2D eigenvalue weighted by molar-refractivity contribution is 6.30. The van der Waals surface area contributed by atoms with Crippen LogP contribution in [0.25, 0.3) is 0 Å². The number of halogens is 2. The van der Waals surface area contributed by atoms with Crippen LogP contribution in [0.5, 0.6) is 0 Å². The third-order valence-corrected chi connectivity index (χ3v) is 3.83. The van der Waals surface area contributed by atoms with Crippen molar-refractivity contribution in [1.29, 1.82) is 0 Å². The molecule has 0 bridgehead atoms. The predicted molar refractivity (Wildman–Crippen MR) is 75.1 cm³/mol. The van der Waals surface area contributed by atoms with Crippen molar-refractivity contribution in [2.45, 2.75) is 31.8 Å². The fourth-order valence-corrected chi connectivity index (χ4v) is 2.20. The lowest BCUT2D eigenvalue weighted by Gasteiger charge is -2.20. The van der Waals surface area contributed by atoms with E-state index < -0.39 is 11.9 Å². The van der Waals surface area contributed by atoms with Gasteiger partial charge in [-0.2, -0.15) is 0 Å². The highest BCUT2D eigenvalue weighted by Gasteiger charge is 2.29. The van der Waals surface area contributed by atoms with Crippen LogP contribution in [0.1, 0.15) is 31.4 Å². The molecule has 2 amide bonds. The van der Waals surface area contributed by atoms with Gasteiger partial charge < -0.3 is 15.7 Å². The fraction of sp³-hybridized carbons (Fsp3) is 0.500. The van der Waals surface area contributed by atoms with E-state index in [9.17, 15) is 14.3 Å². The van der Waals surface area contributed by atoms with E-state index in [4.69, 9.17) is 11.6 Å². The van der Waals surface area contributed by atoms with E-state index in [0.717, 1.165) is 12.8 Å². The molecule has 4 nitrogen and oxygen atoms in total. The SMILES string of the molecule is CC(NC(=O)NC(CO)c1ccc(Cl)c(F)c1)C1CC1. The summed E-state index contributed by atoms with van der Waals surface area (Å²) < 4.78 is 13.4. The van der Waals surface area contributed by atoms with Gasteiger partial charge in [0, 0.05) is 6.04 Å². The zero-order chi connectivity index (χ0) is 14.7. The molecule has 0 saturated heterocycles. The summed E-state index contributed by atoms with van der Waals surface area (Å²) in [4.78, 5) is 11.8. The number of aliphatic hydroxyl groups is 1. The second-order valence-corrected chi connectivity index (χ2v) is 5.56. The normalized spacial score (nSPS) is 17.4. The first-order chi connectivity index (χ1) is 9.51. The monoisotopic (exact) mass is 300 g/mol. The van der Waals surface area contributed by atoms with E-state index in [1.54, 1.807) is 6.07 Å². The molecule has 2 rings (SSSR count). The van der Waals surface area contributed by atoms with Gasteiger partial charge >= 0.3 is 6.03 Å². The maximum atomic E-state index is 13.4. The van der Waals surface area contributed by atoms with Gasteiger partial charge in [-0.25, -0.2) is 9.18 Å². The molecule has 3 N–H and O–H groups in total. The lowest BCUT2D eigenvalue weighted by atomic mass is 10.1. The van der Waals surface area contributed by atoms with E-state index in [-0.39, 0.29) is 23.7 Å². The molecule has 2 unspecified atom stereocenters. The molecule has 2 atom stereocenters. The second kappa shape index (κ2) is 6.41. The lowest BCUT2D eigenvalue weighted by molar-refractivity contribution is 0.213. The number of aliphatic hydroxyl groups excluding tert-OH is 1. The number of benzene rings is 1. The van der Waals surface area contributed by atoms with Gasteiger partial charge in [-0.3, -0.25) is 0 Å². The summed E-state index contributed by atoms with van der Waals surface area (Å²) in [5, 5.41) is 14.8. The van der Waals surface area contributed by atoms with Gasteiger partial charge in [-0.05, 0) is 43.4 Å². The molecule has 0 aliphatic heterocycles. The van der Waals surface area contributed by atoms with Crippen molar-refractivity contribution in [2.75, 3.05) is 6.61 Å². The Labute approximate surface area is 122 Å². The third-order valence-electron chi connectivity index (χ3n) is 3.52. The molecule has 0 aromatic heterocycles. The smallest absolute Gasteiger partial charge is 0.315 e. The van der Waals surface area contributed by atoms with E-state index in [0.29, 0.717) is 11.5 Å². The number of carbonyl (C=O) groups excluding carboxylic acids is 1. The number of urea groups is 1. The van der Waals surface area contributed by atoms with Crippen LogP contribution in [-0.4, -0.2) is 23.8 Å². The predicted octanol–water partition coefficient (Wildman–Crippen LogP) is 2.61. The van der Waals surface area contributed by atoms with Crippen molar-refractivity contribution in [3.63, 3.8) is 0 Å². The van der Waals surface area contributed by atoms with Crippen molar-refractivity contribution in [3.8, 4) is 0 Å². The summed E-state index contributed by atoms with van der Waals surface area (Å²) >= 11 is 5.61. The zero-order valence-corrected chi connectivity index (χ0v) is 12.0. The van der Waals surface area contributed by atoms with Crippen LogP contribution in [0.4, 0.5) is 9.18 Å². The molecule has 1 aliphatic rings. The summed E-state index contributed by atoms with van der Waals surface area (Å²) in [7, 11) is 0. The number of rotatable bonds is 5. The lowest BCUT2D eigenvalue weighted by Crippen LogP contribution is -2.44. The number of amides is 2. The minimum Gasteiger partial charge on any atom is -0.394 e. The quantitative estimate of drug-likeness (QED) is 0.783. The first-order valence-corrected chi connectivity index (χ1v) is 7.02. The summed E-state index contributed by atoms with van der Waals surface area (Å²) in [6.45, 7) is 1.64. The first kappa shape index (κ1) is 15.1. The number of nitrogens with one attached hydrogen (secondary N) is 2. The van der Waals surface area contributed by atoms with Gasteiger partial charge in [0.1, 0.15) is 5.82 Å². The summed E-state index contributed by atoms with van der Waals surface area (Å²) in [5.74, 6) is -0.0301. The standard InChI is InChI=1S/C14H18ClFN2O2/c1-8(9-2-3-9)17-14(20)18-13(7-19)10-4-5-11(15)12(16)6-10/h4-6,8-9,13,19H,2-3,7H2,1H3,(H2,17,18,20). The topological polar surface area (TPSA) is 61.4 Å². The molecule has 1 fully saturated rings. The van der Waals surface area contributed by atoms with Gasteiger partial charge in [-0.15, -0.1) is 0 Å². The van der Waals surface area contributed by atoms with Crippen LogP contribution in [0.15, 0.2) is 18.2 Å². The number of hydrogen-bond acceptors (Lipinski definition) is 2. The number of carbonyl (C=O) groups is 1. The molecule has 110 valence electrons. The molecule has 1 aromatic rings. The Balaban J connectivity index is 1.96. The number of hydrogen-bond donors (Lipinski definition) is 3. The minimum absolute atomic E-state index is 0.0113. The average Bonchev–Trinajstić information content (AvgIpc) is 3.23. The van der Waals surface area contributed by atoms with Crippen LogP contribution < -0.4 is 10.6 Å². The molecular weight excluding hydrogens is 283 g/mol. The van der Waals surface area contributed by atoms with Gasteiger partial charge in [0.05, 0.1) is 17.7 Å². The Bertz CT molecular complexity index is 494. The maximum absolute atomic E-state index is 13.4. The van der Waals surface area contributed by atoms with E-state index in [1.165, 1.54) is 12.1 Å². The van der Waals surface area contributed by atoms with Crippen LogP contribution in [-0.2, 0) is 0 Å². The Kier molecular flexibility index (Phi) is 4.83. The fourth-order valence-electron chi connectivity index (χ4n) is 2.08. The third kappa shape index (κ3) is 3.84. The van der Waals surface area contributed by atoms with E-state index >= 15 is 0 Å². The molecule has 1 aliphatic carbocycles. The van der Waals surface area contributed by atoms with Crippen LogP contribution in [0, 0.1) is 11.7 Å². The highest BCUT2D eigenvalue weighted by Crippen LogP contribution is 2.32. The van der Waals surface area contributed by atoms with Crippen molar-refractivity contribution >= 4 is 17.6 Å². The molecule has 0 spiro atoms.